The van der Waals surface area contributed by atoms with Crippen molar-refractivity contribution in [2.75, 3.05) is 6.54 Å². The summed E-state index contributed by atoms with van der Waals surface area (Å²) in [6.07, 6.45) is 12.4. The molecule has 0 aromatic carbocycles. The van der Waals surface area contributed by atoms with Crippen LogP contribution in [-0.4, -0.2) is 12.7 Å². The predicted molar refractivity (Wildman–Crippen MR) is 68.9 cm³/mol. The van der Waals surface area contributed by atoms with E-state index in [-0.39, 0.29) is 6.17 Å². The highest BCUT2D eigenvalue weighted by Crippen LogP contribution is 2.09. The molecule has 0 amide bonds. The molecule has 1 unspecified atom stereocenters. The Bertz CT molecular complexity index is 115. The predicted octanol–water partition coefficient (Wildman–Crippen LogP) is 3.41. The number of hydrogen-bond donors (Lipinski definition) is 2. The third-order valence-electron chi connectivity index (χ3n) is 2.83. The summed E-state index contributed by atoms with van der Waals surface area (Å²) in [5, 5.41) is 3.24. The average molecular weight is 214 g/mol. The van der Waals surface area contributed by atoms with E-state index in [0.29, 0.717) is 0 Å². The molecule has 0 radical (unpaired) electrons. The van der Waals surface area contributed by atoms with Crippen molar-refractivity contribution in [1.29, 1.82) is 0 Å². The Morgan fingerprint density at radius 3 is 1.93 bits per heavy atom. The number of unbranched alkanes of at least 4 members (excludes halogenated alkanes) is 7. The van der Waals surface area contributed by atoms with Crippen LogP contribution in [0.15, 0.2) is 0 Å². The van der Waals surface area contributed by atoms with Gasteiger partial charge in [0.1, 0.15) is 0 Å². The molecule has 0 rings (SSSR count). The maximum atomic E-state index is 5.85. The number of nitrogens with two attached hydrogens (primary N) is 1. The van der Waals surface area contributed by atoms with Gasteiger partial charge in [0, 0.05) is 0 Å². The van der Waals surface area contributed by atoms with Crippen LogP contribution in [-0.2, 0) is 0 Å². The summed E-state index contributed by atoms with van der Waals surface area (Å²) in [5.74, 6) is 0. The SMILES string of the molecule is CCCCCCCCCCC(N)NCC. The summed E-state index contributed by atoms with van der Waals surface area (Å²) in [6, 6.07) is 0. The van der Waals surface area contributed by atoms with Crippen LogP contribution in [0.5, 0.6) is 0 Å². The van der Waals surface area contributed by atoms with E-state index in [9.17, 15) is 0 Å². The van der Waals surface area contributed by atoms with Gasteiger partial charge >= 0.3 is 0 Å². The first-order valence-corrected chi connectivity index (χ1v) is 6.80. The Morgan fingerprint density at radius 2 is 1.40 bits per heavy atom. The van der Waals surface area contributed by atoms with Crippen LogP contribution >= 0.6 is 0 Å². The van der Waals surface area contributed by atoms with Crippen LogP contribution in [0.2, 0.25) is 0 Å². The van der Waals surface area contributed by atoms with Gasteiger partial charge in [-0.05, 0) is 13.0 Å². The molecule has 0 saturated heterocycles. The van der Waals surface area contributed by atoms with Gasteiger partial charge in [-0.3, -0.25) is 0 Å². The molecule has 0 heterocycles. The number of hydrogen-bond acceptors (Lipinski definition) is 2. The maximum Gasteiger partial charge on any atom is 0.0546 e. The molecule has 1 atom stereocenters. The van der Waals surface area contributed by atoms with E-state index in [1.807, 2.05) is 0 Å². The highest BCUT2D eigenvalue weighted by atomic mass is 15.0. The molecule has 0 saturated carbocycles. The van der Waals surface area contributed by atoms with Gasteiger partial charge in [0.05, 0.1) is 6.17 Å². The molecule has 0 bridgehead atoms. The minimum atomic E-state index is 0.218. The Morgan fingerprint density at radius 1 is 0.867 bits per heavy atom. The lowest BCUT2D eigenvalue weighted by Crippen LogP contribution is -2.36. The van der Waals surface area contributed by atoms with Gasteiger partial charge in [0.15, 0.2) is 0 Å². The van der Waals surface area contributed by atoms with E-state index in [4.69, 9.17) is 5.73 Å². The summed E-state index contributed by atoms with van der Waals surface area (Å²) in [4.78, 5) is 0. The number of nitrogens with one attached hydrogen (secondary N) is 1. The van der Waals surface area contributed by atoms with Crippen molar-refractivity contribution in [2.45, 2.75) is 77.8 Å². The van der Waals surface area contributed by atoms with Crippen molar-refractivity contribution in [3.05, 3.63) is 0 Å². The summed E-state index contributed by atoms with van der Waals surface area (Å²) in [5.41, 5.74) is 5.85. The van der Waals surface area contributed by atoms with Crippen molar-refractivity contribution in [2.24, 2.45) is 5.73 Å². The van der Waals surface area contributed by atoms with Crippen molar-refractivity contribution in [1.82, 2.24) is 5.32 Å². The van der Waals surface area contributed by atoms with Crippen LogP contribution < -0.4 is 11.1 Å². The molecule has 0 aliphatic heterocycles. The first-order chi connectivity index (χ1) is 7.31. The highest BCUT2D eigenvalue weighted by molar-refractivity contribution is 4.57. The average Bonchev–Trinajstić information content (AvgIpc) is 2.22. The normalized spacial score (nSPS) is 13.0. The Labute approximate surface area is 96.0 Å². The topological polar surface area (TPSA) is 38.0 Å². The van der Waals surface area contributed by atoms with Gasteiger partial charge in [0.25, 0.3) is 0 Å². The highest BCUT2D eigenvalue weighted by Gasteiger charge is 1.98. The minimum Gasteiger partial charge on any atom is -0.316 e. The third-order valence-corrected chi connectivity index (χ3v) is 2.83. The summed E-state index contributed by atoms with van der Waals surface area (Å²) < 4.78 is 0. The molecule has 0 aromatic rings. The molecule has 2 nitrogen and oxygen atoms in total. The molecule has 3 N–H and O–H groups in total. The van der Waals surface area contributed by atoms with E-state index in [1.165, 1.54) is 51.4 Å². The Kier molecular flexibility index (Phi) is 11.9. The van der Waals surface area contributed by atoms with Crippen LogP contribution in [0.3, 0.4) is 0 Å². The molecular weight excluding hydrogens is 184 g/mol. The second-order valence-electron chi connectivity index (χ2n) is 4.43. The van der Waals surface area contributed by atoms with Crippen molar-refractivity contribution < 1.29 is 0 Å². The smallest absolute Gasteiger partial charge is 0.0546 e. The monoisotopic (exact) mass is 214 g/mol. The second-order valence-corrected chi connectivity index (χ2v) is 4.43. The van der Waals surface area contributed by atoms with Gasteiger partial charge in [-0.25, -0.2) is 0 Å². The van der Waals surface area contributed by atoms with Crippen LogP contribution in [0.4, 0.5) is 0 Å². The summed E-state index contributed by atoms with van der Waals surface area (Å²) in [6.45, 7) is 5.36. The van der Waals surface area contributed by atoms with Gasteiger partial charge in [-0.1, -0.05) is 65.2 Å². The first kappa shape index (κ1) is 14.9. The zero-order valence-electron chi connectivity index (χ0n) is 10.7. The molecule has 0 aromatic heterocycles. The molecule has 0 aliphatic carbocycles. The van der Waals surface area contributed by atoms with Crippen LogP contribution in [0.1, 0.15) is 71.6 Å². The molecule has 0 fully saturated rings. The Hall–Kier alpha value is -0.0800. The molecule has 0 aliphatic rings. The van der Waals surface area contributed by atoms with Crippen LogP contribution in [0, 0.1) is 0 Å². The van der Waals surface area contributed by atoms with Crippen molar-refractivity contribution in [3.8, 4) is 0 Å². The number of rotatable bonds is 11. The van der Waals surface area contributed by atoms with E-state index in [1.54, 1.807) is 0 Å². The van der Waals surface area contributed by atoms with Crippen LogP contribution in [0.25, 0.3) is 0 Å². The molecule has 15 heavy (non-hydrogen) atoms. The lowest BCUT2D eigenvalue weighted by molar-refractivity contribution is 0.472. The van der Waals surface area contributed by atoms with E-state index >= 15 is 0 Å². The van der Waals surface area contributed by atoms with Gasteiger partial charge in [-0.2, -0.15) is 0 Å². The van der Waals surface area contributed by atoms with E-state index in [0.717, 1.165) is 13.0 Å². The standard InChI is InChI=1S/C13H30N2/c1-3-5-6-7-8-9-10-11-12-13(14)15-4-2/h13,15H,3-12,14H2,1-2H3. The first-order valence-electron chi connectivity index (χ1n) is 6.80. The second kappa shape index (κ2) is 12.0. The zero-order valence-corrected chi connectivity index (χ0v) is 10.7. The van der Waals surface area contributed by atoms with Crippen molar-refractivity contribution in [3.63, 3.8) is 0 Å². The lowest BCUT2D eigenvalue weighted by atomic mass is 10.1. The van der Waals surface area contributed by atoms with Gasteiger partial charge < -0.3 is 11.1 Å². The molecular formula is C13H30N2. The third kappa shape index (κ3) is 11.8. The molecule has 0 spiro atoms. The Balaban J connectivity index is 2.98. The maximum absolute atomic E-state index is 5.85. The minimum absolute atomic E-state index is 0.218. The van der Waals surface area contributed by atoms with Crippen molar-refractivity contribution >= 4 is 0 Å². The fraction of sp³-hybridized carbons (Fsp3) is 1.00. The molecule has 2 heteroatoms. The zero-order chi connectivity index (χ0) is 11.4. The largest absolute Gasteiger partial charge is 0.316 e. The summed E-state index contributed by atoms with van der Waals surface area (Å²) >= 11 is 0. The van der Waals surface area contributed by atoms with Gasteiger partial charge in [0.2, 0.25) is 0 Å². The van der Waals surface area contributed by atoms with E-state index in [2.05, 4.69) is 19.2 Å². The molecule has 92 valence electrons. The van der Waals surface area contributed by atoms with E-state index < -0.39 is 0 Å². The quantitative estimate of drug-likeness (QED) is 0.408. The fourth-order valence-electron chi connectivity index (χ4n) is 1.86. The van der Waals surface area contributed by atoms with Gasteiger partial charge in [-0.15, -0.1) is 0 Å². The fourth-order valence-corrected chi connectivity index (χ4v) is 1.86. The summed E-state index contributed by atoms with van der Waals surface area (Å²) in [7, 11) is 0. The lowest BCUT2D eigenvalue weighted by Gasteiger charge is -2.11.